The molecule has 9 heteroatoms. The Balaban J connectivity index is 1.43. The van der Waals surface area contributed by atoms with Gasteiger partial charge in [0.15, 0.2) is 9.84 Å². The van der Waals surface area contributed by atoms with Gasteiger partial charge in [-0.2, -0.15) is 0 Å². The van der Waals surface area contributed by atoms with E-state index in [0.717, 1.165) is 45.5 Å². The maximum absolute atomic E-state index is 12.7. The van der Waals surface area contributed by atoms with Crippen LogP contribution in [0.5, 0.6) is 0 Å². The molecule has 172 valence electrons. The molecule has 0 radical (unpaired) electrons. The number of nitrogens with one attached hydrogen (secondary N) is 1. The Morgan fingerprint density at radius 2 is 1.58 bits per heavy atom. The van der Waals surface area contributed by atoms with Gasteiger partial charge in [-0.25, -0.2) is 8.42 Å². The minimum Gasteiger partial charge on any atom is -0.341 e. The largest absolute Gasteiger partial charge is 0.341 e. The molecule has 0 spiro atoms. The van der Waals surface area contributed by atoms with E-state index in [1.807, 2.05) is 4.90 Å². The van der Waals surface area contributed by atoms with E-state index in [-0.39, 0.29) is 23.3 Å². The summed E-state index contributed by atoms with van der Waals surface area (Å²) in [4.78, 5) is 31.5. The minimum atomic E-state index is -3.32. The van der Waals surface area contributed by atoms with Crippen LogP contribution in [0.3, 0.4) is 0 Å². The Kier molecular flexibility index (Phi) is 7.72. The summed E-state index contributed by atoms with van der Waals surface area (Å²) in [5.41, 5.74) is 0.474. The summed E-state index contributed by atoms with van der Waals surface area (Å²) in [6, 6.07) is 6.28. The van der Waals surface area contributed by atoms with Gasteiger partial charge < -0.3 is 10.2 Å². The highest BCUT2D eigenvalue weighted by atomic mass is 32.2. The lowest BCUT2D eigenvalue weighted by molar-refractivity contribution is -0.135. The van der Waals surface area contributed by atoms with Gasteiger partial charge >= 0.3 is 0 Å². The molecule has 0 aliphatic carbocycles. The van der Waals surface area contributed by atoms with Crippen molar-refractivity contribution in [3.8, 4) is 0 Å². The van der Waals surface area contributed by atoms with Crippen molar-refractivity contribution in [3.63, 3.8) is 0 Å². The standard InChI is InChI=1S/C22H34N4O4S/c1-17-11-18(2)14-26(13-17)22(28)16-25-9-7-24(8-10-25)15-21(27)23-19-5-4-6-20(12-19)31(3,29)30/h4-6,12,17-18H,7-11,13-16H2,1-3H3,(H,23,27). The molecule has 2 unspecified atom stereocenters. The summed E-state index contributed by atoms with van der Waals surface area (Å²) in [7, 11) is -3.32. The third-order valence-electron chi connectivity index (χ3n) is 5.96. The van der Waals surface area contributed by atoms with Gasteiger partial charge in [-0.05, 0) is 36.5 Å². The summed E-state index contributed by atoms with van der Waals surface area (Å²) in [6.07, 6.45) is 2.33. The predicted molar refractivity (Wildman–Crippen MR) is 121 cm³/mol. The topological polar surface area (TPSA) is 90.0 Å². The van der Waals surface area contributed by atoms with Crippen molar-refractivity contribution in [2.75, 3.05) is 63.9 Å². The number of carbonyl (C=O) groups excluding carboxylic acids is 2. The quantitative estimate of drug-likeness (QED) is 0.699. The summed E-state index contributed by atoms with van der Waals surface area (Å²) >= 11 is 0. The highest BCUT2D eigenvalue weighted by molar-refractivity contribution is 7.90. The van der Waals surface area contributed by atoms with Crippen molar-refractivity contribution in [1.82, 2.24) is 14.7 Å². The van der Waals surface area contributed by atoms with Crippen LogP contribution in [0.4, 0.5) is 5.69 Å². The van der Waals surface area contributed by atoms with Gasteiger partial charge in [0.25, 0.3) is 0 Å². The zero-order chi connectivity index (χ0) is 22.6. The monoisotopic (exact) mass is 450 g/mol. The van der Waals surface area contributed by atoms with E-state index in [4.69, 9.17) is 0 Å². The molecule has 1 N–H and O–H groups in total. The highest BCUT2D eigenvalue weighted by Crippen LogP contribution is 2.21. The first-order valence-electron chi connectivity index (χ1n) is 10.9. The highest BCUT2D eigenvalue weighted by Gasteiger charge is 2.27. The van der Waals surface area contributed by atoms with Crippen LogP contribution in [-0.4, -0.2) is 93.5 Å². The van der Waals surface area contributed by atoms with E-state index in [9.17, 15) is 18.0 Å². The number of benzene rings is 1. The van der Waals surface area contributed by atoms with Crippen molar-refractivity contribution < 1.29 is 18.0 Å². The van der Waals surface area contributed by atoms with Crippen LogP contribution in [-0.2, 0) is 19.4 Å². The number of hydrogen-bond donors (Lipinski definition) is 1. The molecular formula is C22H34N4O4S. The third kappa shape index (κ3) is 7.02. The van der Waals surface area contributed by atoms with Crippen LogP contribution in [0.15, 0.2) is 29.2 Å². The normalized spacial score (nSPS) is 23.5. The van der Waals surface area contributed by atoms with Gasteiger partial charge in [0, 0.05) is 51.2 Å². The molecule has 2 aliphatic heterocycles. The van der Waals surface area contributed by atoms with E-state index >= 15 is 0 Å². The number of rotatable bonds is 6. The lowest BCUT2D eigenvalue weighted by atomic mass is 9.92. The average Bonchev–Trinajstić information content (AvgIpc) is 2.68. The maximum atomic E-state index is 12.7. The molecule has 0 bridgehead atoms. The SMILES string of the molecule is CC1CC(C)CN(C(=O)CN2CCN(CC(=O)Nc3cccc(S(C)(=O)=O)c3)CC2)C1. The molecular weight excluding hydrogens is 416 g/mol. The second-order valence-corrected chi connectivity index (χ2v) is 11.2. The van der Waals surface area contributed by atoms with Crippen LogP contribution in [0, 0.1) is 11.8 Å². The molecule has 0 saturated carbocycles. The fourth-order valence-electron chi connectivity index (χ4n) is 4.47. The van der Waals surface area contributed by atoms with E-state index in [1.165, 1.54) is 18.6 Å². The summed E-state index contributed by atoms with van der Waals surface area (Å²) in [6.45, 7) is 9.74. The van der Waals surface area contributed by atoms with Crippen LogP contribution >= 0.6 is 0 Å². The average molecular weight is 451 g/mol. The van der Waals surface area contributed by atoms with Gasteiger partial charge in [-0.1, -0.05) is 19.9 Å². The Hall–Kier alpha value is -1.97. The Morgan fingerprint density at radius 3 is 2.16 bits per heavy atom. The molecule has 2 atom stereocenters. The van der Waals surface area contributed by atoms with Gasteiger partial charge in [0.2, 0.25) is 11.8 Å². The molecule has 1 aromatic rings. The first kappa shape index (κ1) is 23.7. The van der Waals surface area contributed by atoms with Gasteiger partial charge in [0.05, 0.1) is 18.0 Å². The predicted octanol–water partition coefficient (Wildman–Crippen LogP) is 1.15. The molecule has 2 aliphatic rings. The van der Waals surface area contributed by atoms with E-state index in [1.54, 1.807) is 12.1 Å². The second kappa shape index (κ2) is 10.1. The van der Waals surface area contributed by atoms with E-state index < -0.39 is 9.84 Å². The number of carbonyl (C=O) groups is 2. The number of anilines is 1. The Bertz CT molecular complexity index is 887. The van der Waals surface area contributed by atoms with Crippen LogP contribution in [0.2, 0.25) is 0 Å². The maximum Gasteiger partial charge on any atom is 0.238 e. The third-order valence-corrected chi connectivity index (χ3v) is 7.07. The van der Waals surface area contributed by atoms with Gasteiger partial charge in [-0.3, -0.25) is 19.4 Å². The molecule has 2 heterocycles. The summed E-state index contributed by atoms with van der Waals surface area (Å²) < 4.78 is 23.4. The summed E-state index contributed by atoms with van der Waals surface area (Å²) in [5, 5.41) is 2.78. The van der Waals surface area contributed by atoms with Gasteiger partial charge in [0.1, 0.15) is 0 Å². The molecule has 8 nitrogen and oxygen atoms in total. The number of nitrogens with zero attached hydrogens (tertiary/aromatic N) is 3. The lowest BCUT2D eigenvalue weighted by Gasteiger charge is -2.38. The Morgan fingerprint density at radius 1 is 1.00 bits per heavy atom. The zero-order valence-electron chi connectivity index (χ0n) is 18.7. The van der Waals surface area contributed by atoms with Crippen molar-refractivity contribution >= 4 is 27.3 Å². The van der Waals surface area contributed by atoms with Crippen LogP contribution in [0.1, 0.15) is 20.3 Å². The fourth-order valence-corrected chi connectivity index (χ4v) is 5.14. The number of hydrogen-bond acceptors (Lipinski definition) is 6. The number of piperazine rings is 1. The molecule has 2 saturated heterocycles. The van der Waals surface area contributed by atoms with Crippen LogP contribution < -0.4 is 5.32 Å². The number of likely N-dealkylation sites (tertiary alicyclic amines) is 1. The molecule has 3 rings (SSSR count). The van der Waals surface area contributed by atoms with Crippen LogP contribution in [0.25, 0.3) is 0 Å². The van der Waals surface area contributed by atoms with E-state index in [2.05, 4.69) is 29.0 Å². The van der Waals surface area contributed by atoms with Crippen molar-refractivity contribution in [3.05, 3.63) is 24.3 Å². The molecule has 0 aromatic heterocycles. The number of amides is 2. The minimum absolute atomic E-state index is 0.175. The molecule has 2 amide bonds. The fraction of sp³-hybridized carbons (Fsp3) is 0.636. The van der Waals surface area contributed by atoms with Gasteiger partial charge in [-0.15, -0.1) is 0 Å². The zero-order valence-corrected chi connectivity index (χ0v) is 19.5. The summed E-state index contributed by atoms with van der Waals surface area (Å²) in [5.74, 6) is 1.14. The molecule has 2 fully saturated rings. The first-order chi connectivity index (χ1) is 14.6. The first-order valence-corrected chi connectivity index (χ1v) is 12.8. The van der Waals surface area contributed by atoms with Crippen molar-refractivity contribution in [2.45, 2.75) is 25.2 Å². The van der Waals surface area contributed by atoms with E-state index in [0.29, 0.717) is 24.1 Å². The van der Waals surface area contributed by atoms with Crippen molar-refractivity contribution in [1.29, 1.82) is 0 Å². The second-order valence-electron chi connectivity index (χ2n) is 9.15. The lowest BCUT2D eigenvalue weighted by Crippen LogP contribution is -2.52. The number of sulfone groups is 1. The smallest absolute Gasteiger partial charge is 0.238 e. The molecule has 1 aromatic carbocycles. The molecule has 31 heavy (non-hydrogen) atoms. The Labute approximate surface area is 185 Å². The van der Waals surface area contributed by atoms with Crippen molar-refractivity contribution in [2.24, 2.45) is 11.8 Å². The number of piperidine rings is 1.